The number of hydrogen-bond acceptors (Lipinski definition) is 3. The Bertz CT molecular complexity index is 396. The predicted molar refractivity (Wildman–Crippen MR) is 85.8 cm³/mol. The Morgan fingerprint density at radius 2 is 1.85 bits per heavy atom. The van der Waals surface area contributed by atoms with Crippen LogP contribution < -0.4 is 5.32 Å². The molecule has 1 atom stereocenters. The molecule has 20 heavy (non-hydrogen) atoms. The van der Waals surface area contributed by atoms with Crippen molar-refractivity contribution in [2.24, 2.45) is 5.92 Å². The van der Waals surface area contributed by atoms with Crippen molar-refractivity contribution in [1.29, 1.82) is 0 Å². The van der Waals surface area contributed by atoms with Gasteiger partial charge in [0.1, 0.15) is 11.5 Å². The van der Waals surface area contributed by atoms with Crippen LogP contribution in [-0.4, -0.2) is 24.0 Å². The lowest BCUT2D eigenvalue weighted by Gasteiger charge is -2.25. The van der Waals surface area contributed by atoms with Gasteiger partial charge >= 0.3 is 0 Å². The SMILES string of the molecule is Cc1oc(CN(C)C(C)CC(C)C)cc1CNC(C)C. The average Bonchev–Trinajstić information content (AvgIpc) is 2.66. The molecule has 0 spiro atoms. The van der Waals surface area contributed by atoms with Crippen LogP contribution in [-0.2, 0) is 13.1 Å². The number of furan rings is 1. The van der Waals surface area contributed by atoms with Crippen molar-refractivity contribution < 1.29 is 4.42 Å². The topological polar surface area (TPSA) is 28.4 Å². The Balaban J connectivity index is 2.57. The van der Waals surface area contributed by atoms with Crippen molar-refractivity contribution in [2.75, 3.05) is 7.05 Å². The Hall–Kier alpha value is -0.800. The summed E-state index contributed by atoms with van der Waals surface area (Å²) in [6, 6.07) is 3.28. The van der Waals surface area contributed by atoms with Gasteiger partial charge in [-0.1, -0.05) is 27.7 Å². The molecule has 1 aromatic heterocycles. The van der Waals surface area contributed by atoms with Gasteiger partial charge in [-0.25, -0.2) is 0 Å². The van der Waals surface area contributed by atoms with Gasteiger partial charge < -0.3 is 9.73 Å². The molecule has 0 bridgehead atoms. The summed E-state index contributed by atoms with van der Waals surface area (Å²) in [7, 11) is 2.18. The van der Waals surface area contributed by atoms with Crippen molar-refractivity contribution >= 4 is 0 Å². The quantitative estimate of drug-likeness (QED) is 0.781. The maximum atomic E-state index is 5.89. The van der Waals surface area contributed by atoms with Gasteiger partial charge in [0.15, 0.2) is 0 Å². The zero-order valence-electron chi connectivity index (χ0n) is 14.3. The molecule has 0 saturated heterocycles. The predicted octanol–water partition coefficient (Wildman–Crippen LogP) is 3.95. The van der Waals surface area contributed by atoms with Crippen LogP contribution in [0, 0.1) is 12.8 Å². The summed E-state index contributed by atoms with van der Waals surface area (Å²) < 4.78 is 5.89. The highest BCUT2D eigenvalue weighted by atomic mass is 16.3. The molecule has 0 saturated carbocycles. The summed E-state index contributed by atoms with van der Waals surface area (Å²) in [4.78, 5) is 2.37. The van der Waals surface area contributed by atoms with Crippen molar-refractivity contribution in [1.82, 2.24) is 10.2 Å². The van der Waals surface area contributed by atoms with Crippen LogP contribution in [0.4, 0.5) is 0 Å². The smallest absolute Gasteiger partial charge is 0.118 e. The van der Waals surface area contributed by atoms with Crippen molar-refractivity contribution in [3.05, 3.63) is 23.2 Å². The summed E-state index contributed by atoms with van der Waals surface area (Å²) in [6.45, 7) is 15.0. The molecule has 0 radical (unpaired) electrons. The zero-order valence-corrected chi connectivity index (χ0v) is 14.3. The Morgan fingerprint density at radius 3 is 2.40 bits per heavy atom. The zero-order chi connectivity index (χ0) is 15.3. The van der Waals surface area contributed by atoms with Crippen LogP contribution in [0.15, 0.2) is 10.5 Å². The molecular weight excluding hydrogens is 248 g/mol. The van der Waals surface area contributed by atoms with Gasteiger partial charge in [0.05, 0.1) is 6.54 Å². The fraction of sp³-hybridized carbons (Fsp3) is 0.765. The maximum Gasteiger partial charge on any atom is 0.118 e. The summed E-state index contributed by atoms with van der Waals surface area (Å²) >= 11 is 0. The van der Waals surface area contributed by atoms with E-state index in [1.165, 1.54) is 12.0 Å². The van der Waals surface area contributed by atoms with Gasteiger partial charge in [-0.2, -0.15) is 0 Å². The molecule has 0 aliphatic rings. The third-order valence-corrected chi connectivity index (χ3v) is 3.74. The normalized spacial score (nSPS) is 13.7. The molecule has 1 aromatic rings. The number of nitrogens with zero attached hydrogens (tertiary/aromatic N) is 1. The first-order valence-corrected chi connectivity index (χ1v) is 7.81. The molecule has 1 unspecified atom stereocenters. The van der Waals surface area contributed by atoms with Crippen LogP contribution in [0.1, 0.15) is 58.1 Å². The van der Waals surface area contributed by atoms with Gasteiger partial charge in [-0.3, -0.25) is 4.90 Å². The number of hydrogen-bond donors (Lipinski definition) is 1. The maximum absolute atomic E-state index is 5.89. The average molecular weight is 280 g/mol. The highest BCUT2D eigenvalue weighted by molar-refractivity contribution is 5.20. The summed E-state index contributed by atoms with van der Waals surface area (Å²) in [5, 5.41) is 3.44. The lowest BCUT2D eigenvalue weighted by Crippen LogP contribution is -2.29. The molecule has 1 rings (SSSR count). The number of aryl methyl sites for hydroxylation is 1. The fourth-order valence-corrected chi connectivity index (χ4v) is 2.42. The number of rotatable bonds is 8. The van der Waals surface area contributed by atoms with E-state index >= 15 is 0 Å². The first kappa shape index (κ1) is 17.3. The van der Waals surface area contributed by atoms with Crippen LogP contribution in [0.5, 0.6) is 0 Å². The molecule has 3 heteroatoms. The summed E-state index contributed by atoms with van der Waals surface area (Å²) in [5.74, 6) is 2.84. The van der Waals surface area contributed by atoms with Gasteiger partial charge in [0, 0.05) is 24.2 Å². The Kier molecular flexibility index (Phi) is 6.77. The molecular formula is C17H32N2O. The van der Waals surface area contributed by atoms with Crippen LogP contribution in [0.25, 0.3) is 0 Å². The molecule has 0 aromatic carbocycles. The first-order valence-electron chi connectivity index (χ1n) is 7.81. The lowest BCUT2D eigenvalue weighted by atomic mass is 10.0. The van der Waals surface area contributed by atoms with Gasteiger partial charge in [-0.05, 0) is 39.3 Å². The first-order chi connectivity index (χ1) is 9.29. The van der Waals surface area contributed by atoms with E-state index in [0.717, 1.165) is 30.5 Å². The van der Waals surface area contributed by atoms with Gasteiger partial charge in [0.25, 0.3) is 0 Å². The molecule has 0 amide bonds. The molecule has 0 aliphatic heterocycles. The second kappa shape index (κ2) is 7.84. The van der Waals surface area contributed by atoms with Crippen LogP contribution in [0.2, 0.25) is 0 Å². The Labute approximate surface area is 124 Å². The second-order valence-corrected chi connectivity index (χ2v) is 6.72. The minimum absolute atomic E-state index is 0.501. The minimum Gasteiger partial charge on any atom is -0.465 e. The third-order valence-electron chi connectivity index (χ3n) is 3.74. The van der Waals surface area contributed by atoms with Gasteiger partial charge in [0.2, 0.25) is 0 Å². The van der Waals surface area contributed by atoms with E-state index in [1.807, 2.05) is 0 Å². The molecule has 1 heterocycles. The largest absolute Gasteiger partial charge is 0.465 e. The third kappa shape index (κ3) is 5.68. The highest BCUT2D eigenvalue weighted by Crippen LogP contribution is 2.18. The van der Waals surface area contributed by atoms with Gasteiger partial charge in [-0.15, -0.1) is 0 Å². The van der Waals surface area contributed by atoms with E-state index in [1.54, 1.807) is 0 Å². The van der Waals surface area contributed by atoms with Crippen LogP contribution in [0.3, 0.4) is 0 Å². The van der Waals surface area contributed by atoms with E-state index < -0.39 is 0 Å². The fourth-order valence-electron chi connectivity index (χ4n) is 2.42. The van der Waals surface area contributed by atoms with E-state index in [0.29, 0.717) is 12.1 Å². The molecule has 3 nitrogen and oxygen atoms in total. The van der Waals surface area contributed by atoms with Crippen molar-refractivity contribution in [2.45, 2.75) is 73.1 Å². The molecule has 0 fully saturated rings. The molecule has 116 valence electrons. The van der Waals surface area contributed by atoms with E-state index in [-0.39, 0.29) is 0 Å². The van der Waals surface area contributed by atoms with Crippen molar-refractivity contribution in [3.8, 4) is 0 Å². The van der Waals surface area contributed by atoms with E-state index in [4.69, 9.17) is 4.42 Å². The standard InChI is InChI=1S/C17H32N2O/c1-12(2)8-14(5)19(7)11-17-9-16(15(6)20-17)10-18-13(3)4/h9,12-14,18H,8,10-11H2,1-7H3. The summed E-state index contributed by atoms with van der Waals surface area (Å²) in [6.07, 6.45) is 1.22. The van der Waals surface area contributed by atoms with E-state index in [9.17, 15) is 0 Å². The van der Waals surface area contributed by atoms with Crippen LogP contribution >= 0.6 is 0 Å². The summed E-state index contributed by atoms with van der Waals surface area (Å²) in [5.41, 5.74) is 1.28. The van der Waals surface area contributed by atoms with E-state index in [2.05, 4.69) is 64.9 Å². The number of nitrogens with one attached hydrogen (secondary N) is 1. The molecule has 1 N–H and O–H groups in total. The molecule has 0 aliphatic carbocycles. The Morgan fingerprint density at radius 1 is 1.20 bits per heavy atom. The van der Waals surface area contributed by atoms with Crippen molar-refractivity contribution in [3.63, 3.8) is 0 Å². The minimum atomic E-state index is 0.501. The highest BCUT2D eigenvalue weighted by Gasteiger charge is 2.14. The monoisotopic (exact) mass is 280 g/mol. The lowest BCUT2D eigenvalue weighted by molar-refractivity contribution is 0.204. The second-order valence-electron chi connectivity index (χ2n) is 6.72.